The van der Waals surface area contributed by atoms with Gasteiger partial charge in [0.1, 0.15) is 0 Å². The van der Waals surface area contributed by atoms with Crippen molar-refractivity contribution in [1.82, 2.24) is 4.98 Å². The third-order valence-electron chi connectivity index (χ3n) is 1.73. The Morgan fingerprint density at radius 2 is 2.31 bits per heavy atom. The number of nitrogens with zero attached hydrogens (tertiary/aromatic N) is 1. The van der Waals surface area contributed by atoms with Gasteiger partial charge in [0.25, 0.3) is 0 Å². The summed E-state index contributed by atoms with van der Waals surface area (Å²) in [5.41, 5.74) is 0.464. The Morgan fingerprint density at radius 1 is 1.56 bits per heavy atom. The molecule has 5 heteroatoms. The van der Waals surface area contributed by atoms with E-state index in [1.54, 1.807) is 19.1 Å². The molecule has 0 aromatic carbocycles. The Labute approximate surface area is 92.7 Å². The molecule has 1 aromatic heterocycles. The zero-order valence-electron chi connectivity index (χ0n) is 9.07. The highest BCUT2D eigenvalue weighted by Gasteiger charge is 2.09. The van der Waals surface area contributed by atoms with E-state index in [9.17, 15) is 9.18 Å². The van der Waals surface area contributed by atoms with E-state index in [-0.39, 0.29) is 6.61 Å². The number of pyridine rings is 1. The van der Waals surface area contributed by atoms with Gasteiger partial charge < -0.3 is 9.47 Å². The van der Waals surface area contributed by atoms with Crippen LogP contribution in [-0.4, -0.2) is 24.7 Å². The number of hydrogen-bond donors (Lipinski definition) is 0. The third kappa shape index (κ3) is 3.34. The fraction of sp³-hybridized carbons (Fsp3) is 0.273. The molecule has 0 saturated carbocycles. The van der Waals surface area contributed by atoms with Gasteiger partial charge in [0.15, 0.2) is 0 Å². The first-order valence-electron chi connectivity index (χ1n) is 4.71. The highest BCUT2D eigenvalue weighted by Crippen LogP contribution is 2.11. The van der Waals surface area contributed by atoms with E-state index in [1.165, 1.54) is 13.3 Å². The maximum atomic E-state index is 13.2. The number of aromatic nitrogens is 1. The van der Waals surface area contributed by atoms with Gasteiger partial charge >= 0.3 is 5.97 Å². The molecule has 0 N–H and O–H groups in total. The molecule has 4 nitrogen and oxygen atoms in total. The summed E-state index contributed by atoms with van der Waals surface area (Å²) in [5, 5.41) is 0. The molecule has 0 atom stereocenters. The second-order valence-electron chi connectivity index (χ2n) is 2.85. The predicted octanol–water partition coefficient (Wildman–Crippen LogP) is 1.96. The van der Waals surface area contributed by atoms with E-state index in [0.717, 1.165) is 6.08 Å². The number of carbonyl (C=O) groups is 1. The van der Waals surface area contributed by atoms with Crippen LogP contribution < -0.4 is 4.74 Å². The van der Waals surface area contributed by atoms with Crippen LogP contribution >= 0.6 is 0 Å². The van der Waals surface area contributed by atoms with Crippen molar-refractivity contribution in [3.63, 3.8) is 0 Å². The van der Waals surface area contributed by atoms with Crippen molar-refractivity contribution in [1.29, 1.82) is 0 Å². The maximum Gasteiger partial charge on any atom is 0.367 e. The van der Waals surface area contributed by atoms with Crippen molar-refractivity contribution in [2.45, 2.75) is 6.92 Å². The lowest BCUT2D eigenvalue weighted by atomic mass is 10.2. The number of esters is 1. The molecular weight excluding hydrogens is 213 g/mol. The number of hydrogen-bond acceptors (Lipinski definition) is 4. The summed E-state index contributed by atoms with van der Waals surface area (Å²) in [5.74, 6) is -1.50. The summed E-state index contributed by atoms with van der Waals surface area (Å²) in [6.45, 7) is 1.75. The molecule has 0 spiro atoms. The van der Waals surface area contributed by atoms with Crippen LogP contribution in [0.15, 0.2) is 24.2 Å². The van der Waals surface area contributed by atoms with Gasteiger partial charge in [-0.25, -0.2) is 9.78 Å². The summed E-state index contributed by atoms with van der Waals surface area (Å²) >= 11 is 0. The fourth-order valence-corrected chi connectivity index (χ4v) is 1.00. The third-order valence-corrected chi connectivity index (χ3v) is 1.73. The van der Waals surface area contributed by atoms with Crippen molar-refractivity contribution in [3.8, 4) is 5.88 Å². The predicted molar refractivity (Wildman–Crippen MR) is 56.5 cm³/mol. The SMILES string of the molecule is CCOC(=O)/C(F)=C/c1ccc(OC)nc1. The van der Waals surface area contributed by atoms with Crippen molar-refractivity contribution >= 4 is 12.0 Å². The average Bonchev–Trinajstić information content (AvgIpc) is 2.30. The van der Waals surface area contributed by atoms with Crippen LogP contribution in [0.3, 0.4) is 0 Å². The van der Waals surface area contributed by atoms with E-state index in [4.69, 9.17) is 4.74 Å². The van der Waals surface area contributed by atoms with Crippen LogP contribution in [0.4, 0.5) is 4.39 Å². The number of methoxy groups -OCH3 is 1. The standard InChI is InChI=1S/C11H12FNO3/c1-3-16-11(14)9(12)6-8-4-5-10(15-2)13-7-8/h4-7H,3H2,1-2H3/b9-6-. The zero-order valence-corrected chi connectivity index (χ0v) is 9.07. The Kier molecular flexibility index (Phi) is 4.44. The van der Waals surface area contributed by atoms with E-state index >= 15 is 0 Å². The lowest BCUT2D eigenvalue weighted by Crippen LogP contribution is -2.03. The molecule has 0 saturated heterocycles. The van der Waals surface area contributed by atoms with Crippen LogP contribution in [0.25, 0.3) is 6.08 Å². The summed E-state index contributed by atoms with van der Waals surface area (Å²) < 4.78 is 22.5. The summed E-state index contributed by atoms with van der Waals surface area (Å²) in [6, 6.07) is 3.16. The fourth-order valence-electron chi connectivity index (χ4n) is 1.00. The second-order valence-corrected chi connectivity index (χ2v) is 2.85. The molecule has 0 fully saturated rings. The molecule has 86 valence electrons. The van der Waals surface area contributed by atoms with Gasteiger partial charge in [-0.15, -0.1) is 0 Å². The minimum absolute atomic E-state index is 0.140. The highest BCUT2D eigenvalue weighted by atomic mass is 19.1. The van der Waals surface area contributed by atoms with Crippen molar-refractivity contribution in [2.75, 3.05) is 13.7 Å². The monoisotopic (exact) mass is 225 g/mol. The van der Waals surface area contributed by atoms with Crippen LogP contribution in [0.2, 0.25) is 0 Å². The number of ether oxygens (including phenoxy) is 2. The topological polar surface area (TPSA) is 48.4 Å². The lowest BCUT2D eigenvalue weighted by molar-refractivity contribution is -0.140. The van der Waals surface area contributed by atoms with Crippen LogP contribution in [0.5, 0.6) is 5.88 Å². The van der Waals surface area contributed by atoms with Gasteiger partial charge in [-0.2, -0.15) is 4.39 Å². The summed E-state index contributed by atoms with van der Waals surface area (Å²) in [4.78, 5) is 14.8. The second kappa shape index (κ2) is 5.85. The average molecular weight is 225 g/mol. The van der Waals surface area contributed by atoms with E-state index in [0.29, 0.717) is 11.4 Å². The number of rotatable bonds is 4. The Bertz CT molecular complexity index is 387. The first-order chi connectivity index (χ1) is 7.67. The Balaban J connectivity index is 2.77. The molecule has 16 heavy (non-hydrogen) atoms. The van der Waals surface area contributed by atoms with Gasteiger partial charge in [-0.3, -0.25) is 0 Å². The molecule has 0 unspecified atom stereocenters. The first-order valence-corrected chi connectivity index (χ1v) is 4.71. The Morgan fingerprint density at radius 3 is 2.81 bits per heavy atom. The van der Waals surface area contributed by atoms with Crippen LogP contribution in [0, 0.1) is 0 Å². The van der Waals surface area contributed by atoms with Gasteiger partial charge in [-0.05, 0) is 24.6 Å². The molecule has 0 aliphatic rings. The van der Waals surface area contributed by atoms with Crippen molar-refractivity contribution < 1.29 is 18.7 Å². The molecule has 1 rings (SSSR count). The van der Waals surface area contributed by atoms with E-state index < -0.39 is 11.8 Å². The van der Waals surface area contributed by atoms with Crippen molar-refractivity contribution in [2.24, 2.45) is 0 Å². The van der Waals surface area contributed by atoms with Gasteiger partial charge in [0, 0.05) is 12.3 Å². The van der Waals surface area contributed by atoms with Gasteiger partial charge in [-0.1, -0.05) is 0 Å². The highest BCUT2D eigenvalue weighted by molar-refractivity contribution is 5.91. The first kappa shape index (κ1) is 12.2. The Hall–Kier alpha value is -1.91. The molecule has 0 aliphatic carbocycles. The van der Waals surface area contributed by atoms with Crippen LogP contribution in [-0.2, 0) is 9.53 Å². The zero-order chi connectivity index (χ0) is 12.0. The minimum Gasteiger partial charge on any atom is -0.481 e. The van der Waals surface area contributed by atoms with E-state index in [1.807, 2.05) is 0 Å². The normalized spacial score (nSPS) is 11.1. The molecule has 0 aliphatic heterocycles. The summed E-state index contributed by atoms with van der Waals surface area (Å²) in [7, 11) is 1.48. The maximum absolute atomic E-state index is 13.2. The molecule has 0 radical (unpaired) electrons. The molecule has 0 bridgehead atoms. The number of halogens is 1. The number of carbonyl (C=O) groups excluding carboxylic acids is 1. The van der Waals surface area contributed by atoms with Gasteiger partial charge in [0.2, 0.25) is 11.7 Å². The minimum atomic E-state index is -0.974. The van der Waals surface area contributed by atoms with Crippen LogP contribution in [0.1, 0.15) is 12.5 Å². The van der Waals surface area contributed by atoms with Gasteiger partial charge in [0.05, 0.1) is 13.7 Å². The molecular formula is C11H12FNO3. The van der Waals surface area contributed by atoms with Crippen molar-refractivity contribution in [3.05, 3.63) is 29.7 Å². The quantitative estimate of drug-likeness (QED) is 0.580. The largest absolute Gasteiger partial charge is 0.481 e. The molecule has 1 aromatic rings. The molecule has 1 heterocycles. The van der Waals surface area contributed by atoms with E-state index in [2.05, 4.69) is 9.72 Å². The smallest absolute Gasteiger partial charge is 0.367 e. The molecule has 0 amide bonds. The lowest BCUT2D eigenvalue weighted by Gasteiger charge is -2.00. The summed E-state index contributed by atoms with van der Waals surface area (Å²) in [6.07, 6.45) is 2.46.